The summed E-state index contributed by atoms with van der Waals surface area (Å²) in [6.07, 6.45) is -2.55. The van der Waals surface area contributed by atoms with Gasteiger partial charge in [0.05, 0.1) is 5.56 Å². The fourth-order valence-corrected chi connectivity index (χ4v) is 1.19. The lowest BCUT2D eigenvalue weighted by molar-refractivity contribution is 0.151. The fraction of sp³-hybridized carbons (Fsp3) is 0.444. The molecule has 72 valence electrons. The molecule has 0 unspecified atom stereocenters. The van der Waals surface area contributed by atoms with Crippen LogP contribution in [0.2, 0.25) is 5.15 Å². The lowest BCUT2D eigenvalue weighted by Crippen LogP contribution is -1.96. The third-order valence-electron chi connectivity index (χ3n) is 1.73. The Kier molecular flexibility index (Phi) is 3.20. The Morgan fingerprint density at radius 1 is 1.31 bits per heavy atom. The molecule has 1 heterocycles. The number of aromatic nitrogens is 1. The Balaban J connectivity index is 3.06. The van der Waals surface area contributed by atoms with Crippen molar-refractivity contribution in [2.45, 2.75) is 26.2 Å². The van der Waals surface area contributed by atoms with Crippen LogP contribution in [-0.2, 0) is 0 Å². The van der Waals surface area contributed by atoms with Gasteiger partial charge in [0.15, 0.2) is 0 Å². The van der Waals surface area contributed by atoms with Crippen LogP contribution < -0.4 is 0 Å². The van der Waals surface area contributed by atoms with Crippen LogP contribution in [0.15, 0.2) is 12.1 Å². The van der Waals surface area contributed by atoms with E-state index in [2.05, 4.69) is 4.98 Å². The highest BCUT2D eigenvalue weighted by atomic mass is 35.5. The van der Waals surface area contributed by atoms with Crippen molar-refractivity contribution in [3.8, 4) is 0 Å². The molecule has 0 aliphatic carbocycles. The zero-order chi connectivity index (χ0) is 10.0. The van der Waals surface area contributed by atoms with E-state index in [1.54, 1.807) is 6.07 Å². The molecule has 0 bridgehead atoms. The second-order valence-corrected chi connectivity index (χ2v) is 3.43. The van der Waals surface area contributed by atoms with Gasteiger partial charge in [-0.3, -0.25) is 0 Å². The van der Waals surface area contributed by atoms with Crippen molar-refractivity contribution < 1.29 is 8.78 Å². The van der Waals surface area contributed by atoms with Crippen molar-refractivity contribution in [1.29, 1.82) is 0 Å². The minimum absolute atomic E-state index is 0.0961. The van der Waals surface area contributed by atoms with Gasteiger partial charge in [-0.2, -0.15) is 0 Å². The van der Waals surface area contributed by atoms with Gasteiger partial charge in [0.2, 0.25) is 0 Å². The lowest BCUT2D eigenvalue weighted by atomic mass is 10.1. The lowest BCUT2D eigenvalue weighted by Gasteiger charge is -2.07. The molecular weight excluding hydrogens is 196 g/mol. The molecular formula is C9H10ClF2N. The summed E-state index contributed by atoms with van der Waals surface area (Å²) in [6, 6.07) is 2.91. The summed E-state index contributed by atoms with van der Waals surface area (Å²) in [4.78, 5) is 3.88. The van der Waals surface area contributed by atoms with E-state index >= 15 is 0 Å². The van der Waals surface area contributed by atoms with Crippen molar-refractivity contribution in [2.24, 2.45) is 0 Å². The summed E-state index contributed by atoms with van der Waals surface area (Å²) < 4.78 is 24.5. The molecule has 0 aromatic carbocycles. The molecule has 0 fully saturated rings. The first-order valence-electron chi connectivity index (χ1n) is 3.97. The largest absolute Gasteiger partial charge is 0.266 e. The van der Waals surface area contributed by atoms with Gasteiger partial charge in [-0.05, 0) is 18.1 Å². The van der Waals surface area contributed by atoms with E-state index in [-0.39, 0.29) is 16.6 Å². The van der Waals surface area contributed by atoms with Gasteiger partial charge in [-0.25, -0.2) is 13.8 Å². The number of pyridine rings is 1. The number of hydrogen-bond acceptors (Lipinski definition) is 1. The Bertz CT molecular complexity index is 300. The zero-order valence-electron chi connectivity index (χ0n) is 7.39. The third-order valence-corrected chi connectivity index (χ3v) is 2.03. The topological polar surface area (TPSA) is 12.9 Å². The maximum atomic E-state index is 12.2. The molecule has 0 radical (unpaired) electrons. The molecule has 0 aliphatic rings. The molecule has 1 aromatic rings. The van der Waals surface area contributed by atoms with Crippen molar-refractivity contribution >= 4 is 11.6 Å². The smallest absolute Gasteiger partial charge is 0.240 e. The quantitative estimate of drug-likeness (QED) is 0.670. The SMILES string of the molecule is CC(C)c1ccc(C(F)F)c(Cl)n1. The minimum Gasteiger partial charge on any atom is -0.240 e. The summed E-state index contributed by atoms with van der Waals surface area (Å²) >= 11 is 5.58. The predicted molar refractivity (Wildman–Crippen MR) is 48.3 cm³/mol. The number of nitrogens with zero attached hydrogens (tertiary/aromatic N) is 1. The Hall–Kier alpha value is -0.700. The normalized spacial score (nSPS) is 11.3. The van der Waals surface area contributed by atoms with Crippen LogP contribution in [0.4, 0.5) is 8.78 Å². The number of halogens is 3. The first kappa shape index (κ1) is 10.4. The summed E-state index contributed by atoms with van der Waals surface area (Å²) in [5.41, 5.74) is 0.528. The molecule has 1 aromatic heterocycles. The average Bonchev–Trinajstić information content (AvgIpc) is 2.03. The van der Waals surface area contributed by atoms with Gasteiger partial charge in [-0.1, -0.05) is 25.4 Å². The average molecular weight is 206 g/mol. The van der Waals surface area contributed by atoms with E-state index < -0.39 is 6.43 Å². The minimum atomic E-state index is -2.55. The second-order valence-electron chi connectivity index (χ2n) is 3.07. The van der Waals surface area contributed by atoms with E-state index in [9.17, 15) is 8.78 Å². The summed E-state index contributed by atoms with van der Waals surface area (Å²) in [5.74, 6) is 0.198. The van der Waals surface area contributed by atoms with Gasteiger partial charge in [-0.15, -0.1) is 0 Å². The molecule has 13 heavy (non-hydrogen) atoms. The standard InChI is InChI=1S/C9H10ClF2N/c1-5(2)7-4-3-6(9(11)12)8(10)13-7/h3-5,9H,1-2H3. The van der Waals surface area contributed by atoms with E-state index in [1.165, 1.54) is 6.07 Å². The fourth-order valence-electron chi connectivity index (χ4n) is 0.943. The van der Waals surface area contributed by atoms with E-state index in [1.807, 2.05) is 13.8 Å². The number of rotatable bonds is 2. The highest BCUT2D eigenvalue weighted by molar-refractivity contribution is 6.30. The van der Waals surface area contributed by atoms with Gasteiger partial charge < -0.3 is 0 Å². The number of hydrogen-bond donors (Lipinski definition) is 0. The van der Waals surface area contributed by atoms with Crippen molar-refractivity contribution in [3.05, 3.63) is 28.5 Å². The molecule has 0 spiro atoms. The van der Waals surface area contributed by atoms with Gasteiger partial charge in [0.25, 0.3) is 6.43 Å². The summed E-state index contributed by atoms with van der Waals surface area (Å²) in [6.45, 7) is 3.86. The first-order chi connectivity index (χ1) is 6.02. The molecule has 1 nitrogen and oxygen atoms in total. The molecule has 0 N–H and O–H groups in total. The first-order valence-corrected chi connectivity index (χ1v) is 4.34. The Morgan fingerprint density at radius 2 is 1.92 bits per heavy atom. The summed E-state index contributed by atoms with van der Waals surface area (Å²) in [7, 11) is 0. The van der Waals surface area contributed by atoms with Crippen LogP contribution in [0, 0.1) is 0 Å². The molecule has 0 aliphatic heterocycles. The highest BCUT2D eigenvalue weighted by Crippen LogP contribution is 2.26. The van der Waals surface area contributed by atoms with Crippen molar-refractivity contribution in [2.75, 3.05) is 0 Å². The highest BCUT2D eigenvalue weighted by Gasteiger charge is 2.13. The summed E-state index contributed by atoms with van der Waals surface area (Å²) in [5, 5.41) is -0.0961. The monoisotopic (exact) mass is 205 g/mol. The van der Waals surface area contributed by atoms with Crippen molar-refractivity contribution in [3.63, 3.8) is 0 Å². The molecule has 0 atom stereocenters. The zero-order valence-corrected chi connectivity index (χ0v) is 8.15. The Labute approximate surface area is 80.7 Å². The van der Waals surface area contributed by atoms with Crippen LogP contribution >= 0.6 is 11.6 Å². The van der Waals surface area contributed by atoms with E-state index in [0.29, 0.717) is 0 Å². The van der Waals surface area contributed by atoms with Gasteiger partial charge in [0.1, 0.15) is 5.15 Å². The second kappa shape index (κ2) is 4.01. The Morgan fingerprint density at radius 3 is 2.31 bits per heavy atom. The van der Waals surface area contributed by atoms with Crippen LogP contribution in [0.5, 0.6) is 0 Å². The van der Waals surface area contributed by atoms with Crippen LogP contribution in [-0.4, -0.2) is 4.98 Å². The van der Waals surface area contributed by atoms with E-state index in [4.69, 9.17) is 11.6 Å². The predicted octanol–water partition coefficient (Wildman–Crippen LogP) is 3.80. The maximum absolute atomic E-state index is 12.2. The van der Waals surface area contributed by atoms with Crippen LogP contribution in [0.3, 0.4) is 0 Å². The molecule has 4 heteroatoms. The van der Waals surface area contributed by atoms with Gasteiger partial charge in [0, 0.05) is 5.69 Å². The molecule has 0 amide bonds. The number of alkyl halides is 2. The van der Waals surface area contributed by atoms with Crippen LogP contribution in [0.1, 0.15) is 37.4 Å². The van der Waals surface area contributed by atoms with Crippen LogP contribution in [0.25, 0.3) is 0 Å². The van der Waals surface area contributed by atoms with E-state index in [0.717, 1.165) is 5.69 Å². The van der Waals surface area contributed by atoms with Gasteiger partial charge >= 0.3 is 0 Å². The molecule has 0 saturated carbocycles. The van der Waals surface area contributed by atoms with Crippen molar-refractivity contribution in [1.82, 2.24) is 4.98 Å². The molecule has 1 rings (SSSR count). The molecule has 0 saturated heterocycles. The third kappa shape index (κ3) is 2.37. The maximum Gasteiger partial charge on any atom is 0.266 e.